The van der Waals surface area contributed by atoms with Crippen molar-refractivity contribution in [1.29, 1.82) is 0 Å². The Labute approximate surface area is 128 Å². The van der Waals surface area contributed by atoms with Crippen LogP contribution in [-0.4, -0.2) is 19.0 Å². The number of carbonyl (C=O) groups is 2. The van der Waals surface area contributed by atoms with Crippen molar-refractivity contribution in [3.63, 3.8) is 0 Å². The average molecular weight is 296 g/mol. The first-order valence-electron chi connectivity index (χ1n) is 7.12. The van der Waals surface area contributed by atoms with Gasteiger partial charge >= 0.3 is 11.9 Å². The fourth-order valence-corrected chi connectivity index (χ4v) is 2.47. The second-order valence-corrected chi connectivity index (χ2v) is 5.35. The Hall–Kier alpha value is -2.62. The molecule has 0 heterocycles. The number of esters is 2. The van der Waals surface area contributed by atoms with Gasteiger partial charge in [0.25, 0.3) is 0 Å². The standard InChI is InChI=1S/C18H16O4/c1-21-16(19)13-7-9-15(10-8-13)22-17(20)18(11-12-18)14-5-3-2-4-6-14/h2-10H,11-12H2,1H3. The number of carbonyl (C=O) groups excluding carboxylic acids is 2. The van der Waals surface area contributed by atoms with Gasteiger partial charge in [-0.15, -0.1) is 0 Å². The normalized spacial score (nSPS) is 15.0. The lowest BCUT2D eigenvalue weighted by molar-refractivity contribution is -0.137. The highest BCUT2D eigenvalue weighted by atomic mass is 16.5. The van der Waals surface area contributed by atoms with Gasteiger partial charge in [0.2, 0.25) is 0 Å². The van der Waals surface area contributed by atoms with Crippen LogP contribution >= 0.6 is 0 Å². The van der Waals surface area contributed by atoms with Crippen LogP contribution in [-0.2, 0) is 14.9 Å². The van der Waals surface area contributed by atoms with Crippen molar-refractivity contribution in [2.45, 2.75) is 18.3 Å². The highest BCUT2D eigenvalue weighted by Crippen LogP contribution is 2.49. The van der Waals surface area contributed by atoms with Gasteiger partial charge in [-0.2, -0.15) is 0 Å². The van der Waals surface area contributed by atoms with Gasteiger partial charge < -0.3 is 9.47 Å². The van der Waals surface area contributed by atoms with Crippen LogP contribution < -0.4 is 4.74 Å². The summed E-state index contributed by atoms with van der Waals surface area (Å²) in [6, 6.07) is 16.0. The minimum absolute atomic E-state index is 0.246. The van der Waals surface area contributed by atoms with Crippen molar-refractivity contribution in [2.24, 2.45) is 0 Å². The van der Waals surface area contributed by atoms with E-state index in [9.17, 15) is 9.59 Å². The van der Waals surface area contributed by atoms with E-state index < -0.39 is 11.4 Å². The topological polar surface area (TPSA) is 52.6 Å². The van der Waals surface area contributed by atoms with Gasteiger partial charge in [-0.05, 0) is 42.7 Å². The lowest BCUT2D eigenvalue weighted by Gasteiger charge is -2.14. The van der Waals surface area contributed by atoms with E-state index in [1.165, 1.54) is 7.11 Å². The molecule has 1 aliphatic rings. The Morgan fingerprint density at radius 1 is 0.955 bits per heavy atom. The maximum Gasteiger partial charge on any atom is 0.337 e. The Balaban J connectivity index is 1.74. The molecule has 0 radical (unpaired) electrons. The average Bonchev–Trinajstić information content (AvgIpc) is 3.37. The van der Waals surface area contributed by atoms with Gasteiger partial charge in [-0.1, -0.05) is 30.3 Å². The first-order chi connectivity index (χ1) is 10.7. The Morgan fingerprint density at radius 3 is 2.14 bits per heavy atom. The third kappa shape index (κ3) is 2.60. The van der Waals surface area contributed by atoms with Crippen molar-refractivity contribution in [3.8, 4) is 5.75 Å². The molecule has 0 atom stereocenters. The number of benzene rings is 2. The van der Waals surface area contributed by atoms with Crippen LogP contribution in [0.1, 0.15) is 28.8 Å². The quantitative estimate of drug-likeness (QED) is 0.642. The van der Waals surface area contributed by atoms with Crippen LogP contribution in [0.3, 0.4) is 0 Å². The van der Waals surface area contributed by atoms with Gasteiger partial charge in [-0.3, -0.25) is 4.79 Å². The summed E-state index contributed by atoms with van der Waals surface area (Å²) in [6.07, 6.45) is 1.60. The summed E-state index contributed by atoms with van der Waals surface area (Å²) in [4.78, 5) is 23.8. The van der Waals surface area contributed by atoms with E-state index in [0.717, 1.165) is 18.4 Å². The summed E-state index contributed by atoms with van der Waals surface area (Å²) >= 11 is 0. The molecule has 112 valence electrons. The maximum atomic E-state index is 12.5. The zero-order valence-corrected chi connectivity index (χ0v) is 12.2. The van der Waals surface area contributed by atoms with Crippen LogP contribution in [0.4, 0.5) is 0 Å². The molecule has 1 aliphatic carbocycles. The highest BCUT2D eigenvalue weighted by Gasteiger charge is 2.52. The lowest BCUT2D eigenvalue weighted by atomic mass is 9.96. The van der Waals surface area contributed by atoms with E-state index in [2.05, 4.69) is 4.74 Å². The van der Waals surface area contributed by atoms with Crippen LogP contribution in [0.5, 0.6) is 5.75 Å². The third-order valence-corrected chi connectivity index (χ3v) is 3.95. The first-order valence-corrected chi connectivity index (χ1v) is 7.12. The number of hydrogen-bond donors (Lipinski definition) is 0. The largest absolute Gasteiger partial charge is 0.465 e. The van der Waals surface area contributed by atoms with Crippen molar-refractivity contribution in [2.75, 3.05) is 7.11 Å². The molecule has 22 heavy (non-hydrogen) atoms. The van der Waals surface area contributed by atoms with Crippen LogP contribution in [0.2, 0.25) is 0 Å². The van der Waals surface area contributed by atoms with E-state index >= 15 is 0 Å². The zero-order chi connectivity index (χ0) is 15.6. The molecular formula is C18H16O4. The van der Waals surface area contributed by atoms with Crippen molar-refractivity contribution in [3.05, 3.63) is 65.7 Å². The summed E-state index contributed by atoms with van der Waals surface area (Å²) in [7, 11) is 1.33. The zero-order valence-electron chi connectivity index (χ0n) is 12.2. The SMILES string of the molecule is COC(=O)c1ccc(OC(=O)C2(c3ccccc3)CC2)cc1. The Bertz CT molecular complexity index is 685. The molecule has 0 amide bonds. The molecule has 0 N–H and O–H groups in total. The predicted octanol–water partition coefficient (Wildman–Crippen LogP) is 3.11. The fraction of sp³-hybridized carbons (Fsp3) is 0.222. The number of rotatable bonds is 4. The van der Waals surface area contributed by atoms with Gasteiger partial charge in [0.15, 0.2) is 0 Å². The van der Waals surface area contributed by atoms with Gasteiger partial charge in [0.1, 0.15) is 5.75 Å². The maximum absolute atomic E-state index is 12.5. The van der Waals surface area contributed by atoms with E-state index in [1.54, 1.807) is 24.3 Å². The molecule has 2 aromatic rings. The summed E-state index contributed by atoms with van der Waals surface area (Å²) in [5, 5.41) is 0. The Kier molecular flexibility index (Phi) is 3.67. The van der Waals surface area contributed by atoms with Crippen molar-refractivity contribution < 1.29 is 19.1 Å². The molecule has 1 fully saturated rings. The molecule has 0 aromatic heterocycles. The number of methoxy groups -OCH3 is 1. The van der Waals surface area contributed by atoms with Crippen LogP contribution in [0, 0.1) is 0 Å². The molecule has 0 aliphatic heterocycles. The molecule has 0 saturated heterocycles. The first kappa shape index (κ1) is 14.3. The monoisotopic (exact) mass is 296 g/mol. The molecule has 4 nitrogen and oxygen atoms in total. The van der Waals surface area contributed by atoms with E-state index in [4.69, 9.17) is 4.74 Å². The van der Waals surface area contributed by atoms with E-state index in [0.29, 0.717) is 11.3 Å². The summed E-state index contributed by atoms with van der Waals surface area (Å²) in [5.74, 6) is -0.231. The minimum atomic E-state index is -0.512. The number of ether oxygens (including phenoxy) is 2. The van der Waals surface area contributed by atoms with Crippen LogP contribution in [0.25, 0.3) is 0 Å². The van der Waals surface area contributed by atoms with E-state index in [-0.39, 0.29) is 5.97 Å². The molecule has 4 heteroatoms. The molecule has 2 aromatic carbocycles. The lowest BCUT2D eigenvalue weighted by Crippen LogP contribution is -2.25. The van der Waals surface area contributed by atoms with Gasteiger partial charge in [0.05, 0.1) is 18.1 Å². The molecule has 1 saturated carbocycles. The summed E-state index contributed by atoms with van der Waals surface area (Å²) < 4.78 is 10.1. The Morgan fingerprint density at radius 2 is 1.59 bits per heavy atom. The van der Waals surface area contributed by atoms with Crippen LogP contribution in [0.15, 0.2) is 54.6 Å². The molecule has 0 bridgehead atoms. The fourth-order valence-electron chi connectivity index (χ4n) is 2.47. The minimum Gasteiger partial charge on any atom is -0.465 e. The summed E-state index contributed by atoms with van der Waals surface area (Å²) in [6.45, 7) is 0. The van der Waals surface area contributed by atoms with Gasteiger partial charge in [0, 0.05) is 0 Å². The van der Waals surface area contributed by atoms with Gasteiger partial charge in [-0.25, -0.2) is 4.79 Å². The molecule has 0 spiro atoms. The molecular weight excluding hydrogens is 280 g/mol. The second kappa shape index (κ2) is 5.64. The smallest absolute Gasteiger partial charge is 0.337 e. The summed E-state index contributed by atoms with van der Waals surface area (Å²) in [5.41, 5.74) is 0.903. The van der Waals surface area contributed by atoms with E-state index in [1.807, 2.05) is 30.3 Å². The predicted molar refractivity (Wildman–Crippen MR) is 80.8 cm³/mol. The molecule has 3 rings (SSSR count). The highest BCUT2D eigenvalue weighted by molar-refractivity contribution is 5.90. The molecule has 0 unspecified atom stereocenters. The van der Waals surface area contributed by atoms with Crippen molar-refractivity contribution >= 4 is 11.9 Å². The number of hydrogen-bond acceptors (Lipinski definition) is 4. The second-order valence-electron chi connectivity index (χ2n) is 5.35. The third-order valence-electron chi connectivity index (χ3n) is 3.95. The van der Waals surface area contributed by atoms with Crippen molar-refractivity contribution in [1.82, 2.24) is 0 Å².